The maximum Gasteiger partial charge on any atom is 0.250 e. The van der Waals surface area contributed by atoms with Gasteiger partial charge >= 0.3 is 0 Å². The number of hydrogen-bond donors (Lipinski definition) is 1. The number of pyridine rings is 1. The summed E-state index contributed by atoms with van der Waals surface area (Å²) in [5.41, 5.74) is -0.151. The summed E-state index contributed by atoms with van der Waals surface area (Å²) in [6, 6.07) is 5.02. The molecule has 1 rings (SSSR count). The van der Waals surface area contributed by atoms with E-state index in [1.54, 1.807) is 18.3 Å². The smallest absolute Gasteiger partial charge is 0.250 e. The van der Waals surface area contributed by atoms with Gasteiger partial charge in [-0.3, -0.25) is 9.59 Å². The summed E-state index contributed by atoms with van der Waals surface area (Å²) in [7, 11) is 0. The third-order valence-electron chi connectivity index (χ3n) is 3.63. The Kier molecular flexibility index (Phi) is 7.75. The Balaban J connectivity index is 2.31. The molecule has 1 amide bonds. The first-order valence-electron chi connectivity index (χ1n) is 7.74. The van der Waals surface area contributed by atoms with Crippen LogP contribution in [0, 0.1) is 0 Å². The van der Waals surface area contributed by atoms with E-state index in [0.29, 0.717) is 0 Å². The first-order valence-corrected chi connectivity index (χ1v) is 7.74. The summed E-state index contributed by atoms with van der Waals surface area (Å²) in [6.07, 6.45) is 3.65. The van der Waals surface area contributed by atoms with E-state index in [-0.39, 0.29) is 24.1 Å². The molecule has 0 radical (unpaired) electrons. The van der Waals surface area contributed by atoms with E-state index in [2.05, 4.69) is 24.1 Å². The van der Waals surface area contributed by atoms with Crippen molar-refractivity contribution in [1.29, 1.82) is 0 Å². The number of nitrogens with zero attached hydrogens (tertiary/aromatic N) is 2. The van der Waals surface area contributed by atoms with Gasteiger partial charge in [-0.2, -0.15) is 0 Å². The molecular formula is C16H27N3O2. The minimum absolute atomic E-state index is 0.0834. The second kappa shape index (κ2) is 9.34. The lowest BCUT2D eigenvalue weighted by molar-refractivity contribution is -0.122. The molecule has 118 valence electrons. The summed E-state index contributed by atoms with van der Waals surface area (Å²) >= 11 is 0. The molecule has 1 atom stereocenters. The van der Waals surface area contributed by atoms with E-state index < -0.39 is 0 Å². The summed E-state index contributed by atoms with van der Waals surface area (Å²) in [5, 5.41) is 2.95. The number of hydrogen-bond acceptors (Lipinski definition) is 3. The maximum atomic E-state index is 11.9. The van der Waals surface area contributed by atoms with Gasteiger partial charge in [0.2, 0.25) is 5.91 Å². The lowest BCUT2D eigenvalue weighted by atomic mass is 10.1. The van der Waals surface area contributed by atoms with Crippen LogP contribution in [-0.2, 0) is 11.3 Å². The van der Waals surface area contributed by atoms with Crippen molar-refractivity contribution < 1.29 is 4.79 Å². The Bertz CT molecular complexity index is 480. The van der Waals surface area contributed by atoms with Gasteiger partial charge in [-0.15, -0.1) is 0 Å². The van der Waals surface area contributed by atoms with Gasteiger partial charge in [0, 0.05) is 18.3 Å². The Hall–Kier alpha value is -1.62. The van der Waals surface area contributed by atoms with Gasteiger partial charge in [-0.05, 0) is 45.5 Å². The Labute approximate surface area is 127 Å². The molecule has 1 heterocycles. The minimum Gasteiger partial charge on any atom is -0.352 e. The zero-order chi connectivity index (χ0) is 15.7. The number of nitrogens with one attached hydrogen (secondary N) is 1. The van der Waals surface area contributed by atoms with Crippen molar-refractivity contribution >= 4 is 5.91 Å². The van der Waals surface area contributed by atoms with Crippen LogP contribution in [0.4, 0.5) is 0 Å². The molecule has 0 aromatic carbocycles. The molecule has 5 heteroatoms. The molecule has 1 N–H and O–H groups in total. The van der Waals surface area contributed by atoms with Crippen LogP contribution in [0.5, 0.6) is 0 Å². The maximum absolute atomic E-state index is 11.9. The fourth-order valence-corrected chi connectivity index (χ4v) is 2.30. The van der Waals surface area contributed by atoms with Gasteiger partial charge in [0.15, 0.2) is 0 Å². The Morgan fingerprint density at radius 3 is 2.67 bits per heavy atom. The third-order valence-corrected chi connectivity index (χ3v) is 3.63. The average Bonchev–Trinajstić information content (AvgIpc) is 2.46. The molecule has 21 heavy (non-hydrogen) atoms. The molecule has 0 aliphatic rings. The highest BCUT2D eigenvalue weighted by Crippen LogP contribution is 1.99. The summed E-state index contributed by atoms with van der Waals surface area (Å²) in [6.45, 7) is 9.60. The molecule has 0 aliphatic heterocycles. The predicted molar refractivity (Wildman–Crippen MR) is 85.3 cm³/mol. The second-order valence-electron chi connectivity index (χ2n) is 5.30. The lowest BCUT2D eigenvalue weighted by Gasteiger charge is -2.19. The monoisotopic (exact) mass is 293 g/mol. The molecule has 1 aromatic rings. The molecule has 0 unspecified atom stereocenters. The van der Waals surface area contributed by atoms with E-state index in [9.17, 15) is 9.59 Å². The highest BCUT2D eigenvalue weighted by atomic mass is 16.2. The zero-order valence-electron chi connectivity index (χ0n) is 13.3. The van der Waals surface area contributed by atoms with Crippen molar-refractivity contribution in [2.45, 2.75) is 46.2 Å². The summed E-state index contributed by atoms with van der Waals surface area (Å²) in [4.78, 5) is 25.8. The average molecular weight is 293 g/mol. The standard InChI is InChI=1S/C16H27N3O2/c1-4-18(5-2)11-8-9-14(3)17-15(20)13-19-12-7-6-10-16(19)21/h6-7,10,12,14H,4-5,8-9,11,13H2,1-3H3,(H,17,20)/t14-/m1/s1. The highest BCUT2D eigenvalue weighted by Gasteiger charge is 2.09. The van der Waals surface area contributed by atoms with Gasteiger partial charge in [-0.1, -0.05) is 19.9 Å². The minimum atomic E-state index is -0.151. The largest absolute Gasteiger partial charge is 0.352 e. The number of carbonyl (C=O) groups is 1. The highest BCUT2D eigenvalue weighted by molar-refractivity contribution is 5.75. The van der Waals surface area contributed by atoms with Gasteiger partial charge in [0.05, 0.1) is 0 Å². The van der Waals surface area contributed by atoms with Gasteiger partial charge in [0.25, 0.3) is 5.56 Å². The van der Waals surface area contributed by atoms with Gasteiger partial charge in [0.1, 0.15) is 6.54 Å². The molecule has 0 saturated carbocycles. The van der Waals surface area contributed by atoms with E-state index >= 15 is 0 Å². The zero-order valence-corrected chi connectivity index (χ0v) is 13.3. The van der Waals surface area contributed by atoms with Crippen LogP contribution in [0.15, 0.2) is 29.2 Å². The molecule has 0 saturated heterocycles. The normalized spacial score (nSPS) is 12.4. The van der Waals surface area contributed by atoms with Crippen LogP contribution in [0.2, 0.25) is 0 Å². The summed E-state index contributed by atoms with van der Waals surface area (Å²) < 4.78 is 1.41. The SMILES string of the molecule is CCN(CC)CCC[C@@H](C)NC(=O)Cn1ccccc1=O. The van der Waals surface area contributed by atoms with Crippen LogP contribution in [0.3, 0.4) is 0 Å². The fourth-order valence-electron chi connectivity index (χ4n) is 2.30. The molecule has 0 spiro atoms. The molecule has 5 nitrogen and oxygen atoms in total. The van der Waals surface area contributed by atoms with Crippen molar-refractivity contribution in [2.75, 3.05) is 19.6 Å². The van der Waals surface area contributed by atoms with Crippen molar-refractivity contribution in [3.8, 4) is 0 Å². The van der Waals surface area contributed by atoms with Crippen LogP contribution < -0.4 is 10.9 Å². The van der Waals surface area contributed by atoms with Crippen molar-refractivity contribution in [3.63, 3.8) is 0 Å². The van der Waals surface area contributed by atoms with Crippen LogP contribution in [0.25, 0.3) is 0 Å². The molecule has 1 aromatic heterocycles. The number of amides is 1. The molecule has 0 fully saturated rings. The van der Waals surface area contributed by atoms with Crippen molar-refractivity contribution in [1.82, 2.24) is 14.8 Å². The quantitative estimate of drug-likeness (QED) is 0.750. The number of carbonyl (C=O) groups excluding carboxylic acids is 1. The summed E-state index contributed by atoms with van der Waals surface area (Å²) in [5.74, 6) is -0.112. The van der Waals surface area contributed by atoms with Crippen LogP contribution in [-0.4, -0.2) is 41.1 Å². The first kappa shape index (κ1) is 17.4. The second-order valence-corrected chi connectivity index (χ2v) is 5.30. The van der Waals surface area contributed by atoms with E-state index in [1.807, 2.05) is 6.92 Å². The van der Waals surface area contributed by atoms with Gasteiger partial charge in [-0.25, -0.2) is 0 Å². The topological polar surface area (TPSA) is 54.3 Å². The van der Waals surface area contributed by atoms with Crippen molar-refractivity contribution in [3.05, 3.63) is 34.7 Å². The Morgan fingerprint density at radius 2 is 2.05 bits per heavy atom. The molecule has 0 bridgehead atoms. The van der Waals surface area contributed by atoms with Crippen LogP contribution >= 0.6 is 0 Å². The fraction of sp³-hybridized carbons (Fsp3) is 0.625. The Morgan fingerprint density at radius 1 is 1.33 bits per heavy atom. The predicted octanol–water partition coefficient (Wildman–Crippen LogP) is 1.47. The molecular weight excluding hydrogens is 266 g/mol. The van der Waals surface area contributed by atoms with E-state index in [0.717, 1.165) is 32.5 Å². The van der Waals surface area contributed by atoms with Crippen LogP contribution in [0.1, 0.15) is 33.6 Å². The molecule has 0 aliphatic carbocycles. The lowest BCUT2D eigenvalue weighted by Crippen LogP contribution is -2.37. The van der Waals surface area contributed by atoms with Gasteiger partial charge < -0.3 is 14.8 Å². The van der Waals surface area contributed by atoms with E-state index in [1.165, 1.54) is 10.6 Å². The van der Waals surface area contributed by atoms with Crippen molar-refractivity contribution in [2.24, 2.45) is 0 Å². The number of rotatable bonds is 9. The first-order chi connectivity index (χ1) is 10.1. The van der Waals surface area contributed by atoms with E-state index in [4.69, 9.17) is 0 Å². The number of aromatic nitrogens is 1. The third kappa shape index (κ3) is 6.58.